The molecule has 8 nitrogen and oxygen atoms in total. The Bertz CT molecular complexity index is 1020. The molecule has 0 aliphatic heterocycles. The highest BCUT2D eigenvalue weighted by Gasteiger charge is 2.10. The Labute approximate surface area is 177 Å². The monoisotopic (exact) mass is 424 g/mol. The number of rotatable bonds is 7. The Hall–Kier alpha value is -3.72. The zero-order chi connectivity index (χ0) is 21.3. The summed E-state index contributed by atoms with van der Waals surface area (Å²) < 4.78 is 4.64. The summed E-state index contributed by atoms with van der Waals surface area (Å²) in [7, 11) is 1.31. The van der Waals surface area contributed by atoms with Crippen LogP contribution in [0.5, 0.6) is 0 Å². The quantitative estimate of drug-likeness (QED) is 0.494. The van der Waals surface area contributed by atoms with Crippen LogP contribution in [0.3, 0.4) is 0 Å². The van der Waals surface area contributed by atoms with E-state index in [2.05, 4.69) is 25.7 Å². The summed E-state index contributed by atoms with van der Waals surface area (Å²) in [6.07, 6.45) is 0.669. The first-order chi connectivity index (χ1) is 14.5. The van der Waals surface area contributed by atoms with Crippen LogP contribution < -0.4 is 16.0 Å². The number of thiazole rings is 1. The van der Waals surface area contributed by atoms with E-state index >= 15 is 0 Å². The molecule has 0 spiro atoms. The molecule has 0 saturated heterocycles. The predicted octanol–water partition coefficient (Wildman–Crippen LogP) is 4.15. The van der Waals surface area contributed by atoms with Crippen molar-refractivity contribution >= 4 is 45.8 Å². The average molecular weight is 424 g/mol. The van der Waals surface area contributed by atoms with Crippen molar-refractivity contribution in [3.8, 4) is 0 Å². The maximum Gasteiger partial charge on any atom is 0.337 e. The SMILES string of the molecule is COC(=O)c1ccc(NC(=O)CCc2csc(NC(=O)Nc3ccccc3)n2)cc1. The molecule has 0 unspecified atom stereocenters. The molecular weight excluding hydrogens is 404 g/mol. The van der Waals surface area contributed by atoms with Crippen molar-refractivity contribution in [3.63, 3.8) is 0 Å². The Morgan fingerprint density at radius 1 is 0.933 bits per heavy atom. The molecular formula is C21H20N4O4S. The van der Waals surface area contributed by atoms with Gasteiger partial charge < -0.3 is 15.4 Å². The highest BCUT2D eigenvalue weighted by Crippen LogP contribution is 2.18. The molecule has 2 aromatic carbocycles. The molecule has 0 fully saturated rings. The number of anilines is 3. The van der Waals surface area contributed by atoms with Gasteiger partial charge in [-0.1, -0.05) is 18.2 Å². The van der Waals surface area contributed by atoms with Crippen LogP contribution in [0.2, 0.25) is 0 Å². The highest BCUT2D eigenvalue weighted by atomic mass is 32.1. The minimum atomic E-state index is -0.432. The number of hydrogen-bond donors (Lipinski definition) is 3. The van der Waals surface area contributed by atoms with Gasteiger partial charge >= 0.3 is 12.0 Å². The van der Waals surface area contributed by atoms with Crippen LogP contribution in [0.25, 0.3) is 0 Å². The van der Waals surface area contributed by atoms with Crippen LogP contribution in [0.15, 0.2) is 60.0 Å². The number of amides is 3. The Morgan fingerprint density at radius 2 is 1.63 bits per heavy atom. The number of ether oxygens (including phenoxy) is 1. The summed E-state index contributed by atoms with van der Waals surface area (Å²) in [5, 5.41) is 10.4. The number of nitrogens with one attached hydrogen (secondary N) is 3. The number of aryl methyl sites for hydroxylation is 1. The molecule has 3 amide bonds. The molecule has 0 atom stereocenters. The normalized spacial score (nSPS) is 10.2. The standard InChI is InChI=1S/C21H20N4O4S/c1-29-19(27)14-7-9-16(10-8-14)22-18(26)12-11-17-13-30-21(24-17)25-20(28)23-15-5-3-2-4-6-15/h2-10,13H,11-12H2,1H3,(H,22,26)(H2,23,24,25,28). The number of methoxy groups -OCH3 is 1. The summed E-state index contributed by atoms with van der Waals surface area (Å²) in [6, 6.07) is 15.2. The second-order valence-electron chi connectivity index (χ2n) is 6.21. The van der Waals surface area contributed by atoms with Crippen LogP contribution >= 0.6 is 11.3 Å². The number of aromatic nitrogens is 1. The molecule has 9 heteroatoms. The zero-order valence-electron chi connectivity index (χ0n) is 16.2. The Balaban J connectivity index is 1.45. The van der Waals surface area contributed by atoms with Crippen LogP contribution in [0.1, 0.15) is 22.5 Å². The van der Waals surface area contributed by atoms with Gasteiger partial charge in [0.15, 0.2) is 5.13 Å². The van der Waals surface area contributed by atoms with E-state index in [0.717, 1.165) is 0 Å². The number of carbonyl (C=O) groups excluding carboxylic acids is 3. The number of urea groups is 1. The van der Waals surface area contributed by atoms with Crippen molar-refractivity contribution in [2.75, 3.05) is 23.1 Å². The Kier molecular flexibility index (Phi) is 7.12. The van der Waals surface area contributed by atoms with Gasteiger partial charge in [0.05, 0.1) is 18.4 Å². The highest BCUT2D eigenvalue weighted by molar-refractivity contribution is 7.13. The van der Waals surface area contributed by atoms with E-state index in [1.807, 2.05) is 18.2 Å². The number of para-hydroxylation sites is 1. The summed E-state index contributed by atoms with van der Waals surface area (Å²) >= 11 is 1.29. The van der Waals surface area contributed by atoms with E-state index < -0.39 is 5.97 Å². The van der Waals surface area contributed by atoms with Crippen molar-refractivity contribution in [3.05, 3.63) is 71.2 Å². The Morgan fingerprint density at radius 3 is 2.33 bits per heavy atom. The number of carbonyl (C=O) groups is 3. The third kappa shape index (κ3) is 6.14. The smallest absolute Gasteiger partial charge is 0.337 e. The van der Waals surface area contributed by atoms with E-state index in [1.54, 1.807) is 41.8 Å². The predicted molar refractivity (Wildman–Crippen MR) is 116 cm³/mol. The fourth-order valence-electron chi connectivity index (χ4n) is 2.53. The first-order valence-corrected chi connectivity index (χ1v) is 9.97. The summed E-state index contributed by atoms with van der Waals surface area (Å²) in [5.74, 6) is -0.608. The van der Waals surface area contributed by atoms with Gasteiger partial charge in [0.25, 0.3) is 0 Å². The van der Waals surface area contributed by atoms with Gasteiger partial charge in [-0.25, -0.2) is 14.6 Å². The minimum Gasteiger partial charge on any atom is -0.465 e. The lowest BCUT2D eigenvalue weighted by atomic mass is 10.2. The molecule has 0 radical (unpaired) electrons. The molecule has 0 aliphatic carbocycles. The van der Waals surface area contributed by atoms with Crippen molar-refractivity contribution in [2.45, 2.75) is 12.8 Å². The third-order valence-electron chi connectivity index (χ3n) is 4.00. The lowest BCUT2D eigenvalue weighted by Gasteiger charge is -2.06. The minimum absolute atomic E-state index is 0.176. The van der Waals surface area contributed by atoms with Gasteiger partial charge in [-0.15, -0.1) is 11.3 Å². The molecule has 1 aromatic heterocycles. The molecule has 1 heterocycles. The average Bonchev–Trinajstić information content (AvgIpc) is 3.20. The molecule has 3 rings (SSSR count). The summed E-state index contributed by atoms with van der Waals surface area (Å²) in [4.78, 5) is 39.9. The molecule has 3 N–H and O–H groups in total. The van der Waals surface area contributed by atoms with Gasteiger partial charge in [-0.05, 0) is 42.8 Å². The van der Waals surface area contributed by atoms with Crippen LogP contribution in [-0.4, -0.2) is 30.0 Å². The van der Waals surface area contributed by atoms with Crippen LogP contribution in [-0.2, 0) is 16.0 Å². The molecule has 30 heavy (non-hydrogen) atoms. The molecule has 0 bridgehead atoms. The second kappa shape index (κ2) is 10.2. The molecule has 3 aromatic rings. The van der Waals surface area contributed by atoms with Crippen molar-refractivity contribution in [2.24, 2.45) is 0 Å². The van der Waals surface area contributed by atoms with E-state index in [0.29, 0.717) is 34.2 Å². The van der Waals surface area contributed by atoms with Gasteiger partial charge in [0, 0.05) is 23.2 Å². The first-order valence-electron chi connectivity index (χ1n) is 9.09. The maximum absolute atomic E-state index is 12.1. The summed E-state index contributed by atoms with van der Waals surface area (Å²) in [6.45, 7) is 0. The molecule has 0 saturated carbocycles. The van der Waals surface area contributed by atoms with Crippen molar-refractivity contribution in [1.29, 1.82) is 0 Å². The number of esters is 1. The van der Waals surface area contributed by atoms with Gasteiger partial charge in [0.1, 0.15) is 0 Å². The largest absolute Gasteiger partial charge is 0.465 e. The number of nitrogens with zero attached hydrogens (tertiary/aromatic N) is 1. The van der Waals surface area contributed by atoms with Gasteiger partial charge in [-0.2, -0.15) is 0 Å². The molecule has 0 aliphatic rings. The molecule has 154 valence electrons. The van der Waals surface area contributed by atoms with E-state index in [9.17, 15) is 14.4 Å². The second-order valence-corrected chi connectivity index (χ2v) is 7.06. The van der Waals surface area contributed by atoms with E-state index in [4.69, 9.17) is 0 Å². The van der Waals surface area contributed by atoms with E-state index in [1.165, 1.54) is 18.4 Å². The zero-order valence-corrected chi connectivity index (χ0v) is 17.0. The maximum atomic E-state index is 12.1. The van der Waals surface area contributed by atoms with Crippen LogP contribution in [0, 0.1) is 0 Å². The number of hydrogen-bond acceptors (Lipinski definition) is 6. The van der Waals surface area contributed by atoms with Gasteiger partial charge in [-0.3, -0.25) is 10.1 Å². The first kappa shape index (κ1) is 21.0. The fourth-order valence-corrected chi connectivity index (χ4v) is 3.27. The van der Waals surface area contributed by atoms with Crippen LogP contribution in [0.4, 0.5) is 21.3 Å². The topological polar surface area (TPSA) is 109 Å². The number of benzene rings is 2. The third-order valence-corrected chi connectivity index (χ3v) is 4.81. The van der Waals surface area contributed by atoms with Crippen molar-refractivity contribution in [1.82, 2.24) is 4.98 Å². The fraction of sp³-hybridized carbons (Fsp3) is 0.143. The van der Waals surface area contributed by atoms with E-state index in [-0.39, 0.29) is 18.4 Å². The summed E-state index contributed by atoms with van der Waals surface area (Å²) in [5.41, 5.74) is 2.40. The lowest BCUT2D eigenvalue weighted by Crippen LogP contribution is -2.19. The van der Waals surface area contributed by atoms with Crippen molar-refractivity contribution < 1.29 is 19.1 Å². The lowest BCUT2D eigenvalue weighted by molar-refractivity contribution is -0.116. The van der Waals surface area contributed by atoms with Gasteiger partial charge in [0.2, 0.25) is 5.91 Å².